The molecule has 1 aliphatic carbocycles. The van der Waals surface area contributed by atoms with Gasteiger partial charge in [-0.3, -0.25) is 4.79 Å². The second kappa shape index (κ2) is 6.46. The second-order valence-electron chi connectivity index (χ2n) is 6.21. The first-order valence-corrected chi connectivity index (χ1v) is 7.95. The molecule has 0 spiro atoms. The minimum absolute atomic E-state index is 0.100. The molecule has 1 amide bonds. The lowest BCUT2D eigenvalue weighted by molar-refractivity contribution is -0.142. The van der Waals surface area contributed by atoms with Crippen LogP contribution in [0.2, 0.25) is 0 Å². The number of carbonyl (C=O) groups is 1. The number of nitrogens with zero attached hydrogens (tertiary/aromatic N) is 2. The van der Waals surface area contributed by atoms with Crippen molar-refractivity contribution in [2.24, 2.45) is 16.3 Å². The van der Waals surface area contributed by atoms with E-state index in [2.05, 4.69) is 12.1 Å². The van der Waals surface area contributed by atoms with Gasteiger partial charge >= 0.3 is 0 Å². The largest absolute Gasteiger partial charge is 0.409 e. The minimum atomic E-state index is -0.738. The summed E-state index contributed by atoms with van der Waals surface area (Å²) in [7, 11) is 0. The number of amides is 1. The molecule has 0 aromatic rings. The monoisotopic (exact) mass is 281 g/mol. The molecule has 2 rings (SSSR count). The molecule has 5 nitrogen and oxygen atoms in total. The topological polar surface area (TPSA) is 78.9 Å². The molecule has 1 saturated carbocycles. The number of likely N-dealkylation sites (tertiary alicyclic amines) is 1. The van der Waals surface area contributed by atoms with Crippen molar-refractivity contribution in [2.75, 3.05) is 6.54 Å². The molecule has 0 aromatic heterocycles. The molecule has 5 heteroatoms. The van der Waals surface area contributed by atoms with Gasteiger partial charge in [0, 0.05) is 12.6 Å². The van der Waals surface area contributed by atoms with E-state index < -0.39 is 5.41 Å². The molecule has 1 saturated heterocycles. The van der Waals surface area contributed by atoms with Gasteiger partial charge in [-0.05, 0) is 38.5 Å². The van der Waals surface area contributed by atoms with Crippen LogP contribution in [0.5, 0.6) is 0 Å². The summed E-state index contributed by atoms with van der Waals surface area (Å²) in [6, 6.07) is 0.338. The van der Waals surface area contributed by atoms with Gasteiger partial charge in [-0.25, -0.2) is 0 Å². The average molecular weight is 281 g/mol. The van der Waals surface area contributed by atoms with Crippen molar-refractivity contribution in [3.05, 3.63) is 0 Å². The molecule has 1 atom stereocenters. The lowest BCUT2D eigenvalue weighted by Gasteiger charge is -2.41. The number of hydrogen-bond donors (Lipinski definition) is 2. The van der Waals surface area contributed by atoms with Gasteiger partial charge in [0.1, 0.15) is 5.41 Å². The second-order valence-corrected chi connectivity index (χ2v) is 6.21. The van der Waals surface area contributed by atoms with Gasteiger partial charge in [0.05, 0.1) is 0 Å². The van der Waals surface area contributed by atoms with E-state index in [-0.39, 0.29) is 11.7 Å². The van der Waals surface area contributed by atoms with Crippen LogP contribution in [0.4, 0.5) is 0 Å². The van der Waals surface area contributed by atoms with Crippen LogP contribution in [0.25, 0.3) is 0 Å². The predicted molar refractivity (Wildman–Crippen MR) is 78.6 cm³/mol. The summed E-state index contributed by atoms with van der Waals surface area (Å²) in [6.07, 6.45) is 8.90. The number of piperidine rings is 1. The van der Waals surface area contributed by atoms with Crippen molar-refractivity contribution >= 4 is 11.7 Å². The summed E-state index contributed by atoms with van der Waals surface area (Å²) in [5.41, 5.74) is 5.15. The molecular weight excluding hydrogens is 254 g/mol. The number of carbonyl (C=O) groups excluding carboxylic acids is 1. The third-order valence-corrected chi connectivity index (χ3v) is 4.97. The zero-order valence-electron chi connectivity index (χ0n) is 12.5. The Morgan fingerprint density at radius 1 is 1.35 bits per heavy atom. The maximum absolute atomic E-state index is 13.1. The van der Waals surface area contributed by atoms with E-state index in [9.17, 15) is 4.79 Å². The van der Waals surface area contributed by atoms with E-state index in [0.717, 1.165) is 57.9 Å². The molecule has 114 valence electrons. The normalized spacial score (nSPS) is 26.8. The fourth-order valence-electron chi connectivity index (χ4n) is 3.83. The Bertz CT molecular complexity index is 373. The van der Waals surface area contributed by atoms with Crippen molar-refractivity contribution in [1.82, 2.24) is 4.90 Å². The Morgan fingerprint density at radius 2 is 2.05 bits per heavy atom. The standard InChI is InChI=1S/C15H27N3O2/c1-2-7-12-8-3-6-11-18(12)14(19)15(13(16)17-20)9-4-5-10-15/h12,20H,2-11H2,1H3,(H2,16,17). The quantitative estimate of drug-likeness (QED) is 0.359. The first-order valence-electron chi connectivity index (χ1n) is 7.95. The first kappa shape index (κ1) is 15.1. The highest BCUT2D eigenvalue weighted by molar-refractivity contribution is 6.07. The van der Waals surface area contributed by atoms with Gasteiger partial charge in [-0.15, -0.1) is 0 Å². The number of hydrogen-bond acceptors (Lipinski definition) is 3. The molecule has 2 fully saturated rings. The smallest absolute Gasteiger partial charge is 0.236 e. The maximum atomic E-state index is 13.1. The Hall–Kier alpha value is -1.26. The molecule has 1 unspecified atom stereocenters. The lowest BCUT2D eigenvalue weighted by atomic mass is 9.81. The minimum Gasteiger partial charge on any atom is -0.409 e. The zero-order valence-corrected chi connectivity index (χ0v) is 12.5. The summed E-state index contributed by atoms with van der Waals surface area (Å²) in [6.45, 7) is 2.98. The Kier molecular flexibility index (Phi) is 4.89. The van der Waals surface area contributed by atoms with Crippen LogP contribution in [0.1, 0.15) is 64.7 Å². The lowest BCUT2D eigenvalue weighted by Crippen LogP contribution is -2.54. The van der Waals surface area contributed by atoms with Gasteiger partial charge in [-0.1, -0.05) is 31.3 Å². The predicted octanol–water partition coefficient (Wildman–Crippen LogP) is 2.47. The highest BCUT2D eigenvalue weighted by Crippen LogP contribution is 2.41. The molecule has 3 N–H and O–H groups in total. The van der Waals surface area contributed by atoms with Crippen molar-refractivity contribution in [3.63, 3.8) is 0 Å². The van der Waals surface area contributed by atoms with E-state index in [4.69, 9.17) is 10.9 Å². The van der Waals surface area contributed by atoms with Crippen molar-refractivity contribution in [3.8, 4) is 0 Å². The van der Waals surface area contributed by atoms with E-state index in [1.54, 1.807) is 0 Å². The van der Waals surface area contributed by atoms with Gasteiger partial charge in [0.2, 0.25) is 5.91 Å². The molecule has 1 heterocycles. The maximum Gasteiger partial charge on any atom is 0.236 e. The van der Waals surface area contributed by atoms with Crippen LogP contribution in [0, 0.1) is 5.41 Å². The zero-order chi connectivity index (χ0) is 14.6. The summed E-state index contributed by atoms with van der Waals surface area (Å²) in [5.74, 6) is 0.212. The fourth-order valence-corrected chi connectivity index (χ4v) is 3.83. The van der Waals surface area contributed by atoms with Crippen LogP contribution in [-0.4, -0.2) is 34.4 Å². The molecule has 0 radical (unpaired) electrons. The van der Waals surface area contributed by atoms with Crippen LogP contribution >= 0.6 is 0 Å². The van der Waals surface area contributed by atoms with Crippen LogP contribution in [-0.2, 0) is 4.79 Å². The van der Waals surface area contributed by atoms with Gasteiger partial charge in [0.15, 0.2) is 5.84 Å². The summed E-state index contributed by atoms with van der Waals surface area (Å²) in [4.78, 5) is 15.1. The average Bonchev–Trinajstić information content (AvgIpc) is 2.97. The molecule has 2 aliphatic rings. The molecular formula is C15H27N3O2. The van der Waals surface area contributed by atoms with E-state index in [1.807, 2.05) is 4.90 Å². The third kappa shape index (κ3) is 2.63. The number of nitrogens with two attached hydrogens (primary N) is 1. The molecule has 1 aliphatic heterocycles. The summed E-state index contributed by atoms with van der Waals surface area (Å²) >= 11 is 0. The first-order chi connectivity index (χ1) is 9.65. The summed E-state index contributed by atoms with van der Waals surface area (Å²) in [5, 5.41) is 12.2. The van der Waals surface area contributed by atoms with Gasteiger partial charge < -0.3 is 15.8 Å². The third-order valence-electron chi connectivity index (χ3n) is 4.97. The SMILES string of the molecule is CCCC1CCCCN1C(=O)C1(C(N)=NO)CCCC1. The highest BCUT2D eigenvalue weighted by atomic mass is 16.4. The van der Waals surface area contributed by atoms with Crippen LogP contribution in [0.3, 0.4) is 0 Å². The number of oxime groups is 1. The van der Waals surface area contributed by atoms with Crippen molar-refractivity contribution < 1.29 is 10.0 Å². The molecule has 0 bridgehead atoms. The molecule has 20 heavy (non-hydrogen) atoms. The van der Waals surface area contributed by atoms with Crippen molar-refractivity contribution in [1.29, 1.82) is 0 Å². The van der Waals surface area contributed by atoms with E-state index in [1.165, 1.54) is 6.42 Å². The van der Waals surface area contributed by atoms with Gasteiger partial charge in [0.25, 0.3) is 0 Å². The Labute approximate surface area is 121 Å². The Balaban J connectivity index is 2.22. The summed E-state index contributed by atoms with van der Waals surface area (Å²) < 4.78 is 0. The van der Waals surface area contributed by atoms with E-state index in [0.29, 0.717) is 6.04 Å². The number of rotatable bonds is 4. The fraction of sp³-hybridized carbons (Fsp3) is 0.867. The van der Waals surface area contributed by atoms with Crippen LogP contribution < -0.4 is 5.73 Å². The highest BCUT2D eigenvalue weighted by Gasteiger charge is 2.48. The van der Waals surface area contributed by atoms with Crippen molar-refractivity contribution in [2.45, 2.75) is 70.8 Å². The van der Waals surface area contributed by atoms with E-state index >= 15 is 0 Å². The van der Waals surface area contributed by atoms with Gasteiger partial charge in [-0.2, -0.15) is 0 Å². The van der Waals surface area contributed by atoms with Crippen LogP contribution in [0.15, 0.2) is 5.16 Å². The Morgan fingerprint density at radius 3 is 2.65 bits per heavy atom. The number of amidine groups is 1. The molecule has 0 aromatic carbocycles.